The third-order valence-corrected chi connectivity index (χ3v) is 4.95. The fourth-order valence-corrected chi connectivity index (χ4v) is 3.47. The molecule has 0 atom stereocenters. The molecular formula is C23H29N3O. The first-order valence-corrected chi connectivity index (χ1v) is 9.89. The summed E-state index contributed by atoms with van der Waals surface area (Å²) in [6.45, 7) is 4.82. The van der Waals surface area contributed by atoms with Crippen molar-refractivity contribution in [3.63, 3.8) is 0 Å². The second kappa shape index (κ2) is 9.81. The number of rotatable bonds is 10. The molecule has 27 heavy (non-hydrogen) atoms. The van der Waals surface area contributed by atoms with E-state index < -0.39 is 0 Å². The molecule has 142 valence electrons. The SMILES string of the molecule is CCN(CCCNC(=O)CCCc1c[nH]c2ccccc12)c1ccccc1. The van der Waals surface area contributed by atoms with Crippen LogP contribution in [0.15, 0.2) is 60.8 Å². The lowest BCUT2D eigenvalue weighted by atomic mass is 10.1. The highest BCUT2D eigenvalue weighted by atomic mass is 16.1. The molecule has 1 heterocycles. The van der Waals surface area contributed by atoms with Gasteiger partial charge in [0.1, 0.15) is 0 Å². The van der Waals surface area contributed by atoms with E-state index in [0.29, 0.717) is 6.42 Å². The molecule has 2 N–H and O–H groups in total. The van der Waals surface area contributed by atoms with Gasteiger partial charge in [0.2, 0.25) is 5.91 Å². The zero-order valence-electron chi connectivity index (χ0n) is 16.1. The average molecular weight is 364 g/mol. The Morgan fingerprint density at radius 3 is 2.63 bits per heavy atom. The first-order chi connectivity index (χ1) is 13.3. The Bertz CT molecular complexity index is 841. The summed E-state index contributed by atoms with van der Waals surface area (Å²) < 4.78 is 0. The number of H-pyrrole nitrogens is 1. The number of nitrogens with one attached hydrogen (secondary N) is 2. The predicted octanol–water partition coefficient (Wildman–Crippen LogP) is 4.52. The van der Waals surface area contributed by atoms with Crippen LogP contribution in [0.5, 0.6) is 0 Å². The Hall–Kier alpha value is -2.75. The first kappa shape index (κ1) is 19.0. The van der Waals surface area contributed by atoms with Gasteiger partial charge in [0, 0.05) is 48.8 Å². The van der Waals surface area contributed by atoms with Crippen molar-refractivity contribution in [1.29, 1.82) is 0 Å². The van der Waals surface area contributed by atoms with E-state index in [1.165, 1.54) is 16.6 Å². The highest BCUT2D eigenvalue weighted by Gasteiger charge is 2.06. The molecule has 1 aromatic heterocycles. The van der Waals surface area contributed by atoms with Crippen molar-refractivity contribution in [2.24, 2.45) is 0 Å². The lowest BCUT2D eigenvalue weighted by Gasteiger charge is -2.23. The molecule has 4 nitrogen and oxygen atoms in total. The number of aromatic amines is 1. The quantitative estimate of drug-likeness (QED) is 0.520. The minimum Gasteiger partial charge on any atom is -0.372 e. The summed E-state index contributed by atoms with van der Waals surface area (Å²) in [5.41, 5.74) is 3.70. The van der Waals surface area contributed by atoms with Crippen molar-refractivity contribution in [3.8, 4) is 0 Å². The standard InChI is InChI=1S/C23H29N3O/c1-2-26(20-11-4-3-5-12-20)17-9-16-24-23(27)15-8-10-19-18-25-22-14-7-6-13-21(19)22/h3-7,11-14,18,25H,2,8-10,15-17H2,1H3,(H,24,27). The van der Waals surface area contributed by atoms with Crippen LogP contribution in [0.4, 0.5) is 5.69 Å². The van der Waals surface area contributed by atoms with Crippen molar-refractivity contribution in [2.75, 3.05) is 24.5 Å². The minimum atomic E-state index is 0.151. The van der Waals surface area contributed by atoms with Gasteiger partial charge in [-0.25, -0.2) is 0 Å². The minimum absolute atomic E-state index is 0.151. The molecule has 0 bridgehead atoms. The molecule has 3 rings (SSSR count). The maximum atomic E-state index is 12.1. The van der Waals surface area contributed by atoms with E-state index in [1.54, 1.807) is 0 Å². The molecule has 4 heteroatoms. The number of fused-ring (bicyclic) bond motifs is 1. The van der Waals surface area contributed by atoms with Gasteiger partial charge in [-0.15, -0.1) is 0 Å². The van der Waals surface area contributed by atoms with Crippen LogP contribution in [0.2, 0.25) is 0 Å². The summed E-state index contributed by atoms with van der Waals surface area (Å²) in [7, 11) is 0. The fourth-order valence-electron chi connectivity index (χ4n) is 3.47. The van der Waals surface area contributed by atoms with Gasteiger partial charge in [-0.3, -0.25) is 4.79 Å². The molecule has 0 aliphatic carbocycles. The van der Waals surface area contributed by atoms with E-state index in [1.807, 2.05) is 12.1 Å². The number of aryl methyl sites for hydroxylation is 1. The van der Waals surface area contributed by atoms with Crippen molar-refractivity contribution < 1.29 is 4.79 Å². The first-order valence-electron chi connectivity index (χ1n) is 9.89. The Kier molecular flexibility index (Phi) is 6.91. The number of anilines is 1. The smallest absolute Gasteiger partial charge is 0.220 e. The lowest BCUT2D eigenvalue weighted by molar-refractivity contribution is -0.121. The molecule has 3 aromatic rings. The largest absolute Gasteiger partial charge is 0.372 e. The van der Waals surface area contributed by atoms with Crippen LogP contribution in [0, 0.1) is 0 Å². The van der Waals surface area contributed by atoms with Crippen LogP contribution in [0.1, 0.15) is 31.7 Å². The molecule has 0 unspecified atom stereocenters. The summed E-state index contributed by atoms with van der Waals surface area (Å²) in [5.74, 6) is 0.151. The van der Waals surface area contributed by atoms with Crippen LogP contribution >= 0.6 is 0 Å². The number of amides is 1. The molecule has 0 spiro atoms. The average Bonchev–Trinajstić information content (AvgIpc) is 3.12. The maximum absolute atomic E-state index is 12.1. The third kappa shape index (κ3) is 5.36. The fraction of sp³-hybridized carbons (Fsp3) is 0.348. The van der Waals surface area contributed by atoms with E-state index in [-0.39, 0.29) is 5.91 Å². The van der Waals surface area contributed by atoms with E-state index >= 15 is 0 Å². The Morgan fingerprint density at radius 2 is 1.81 bits per heavy atom. The summed E-state index contributed by atoms with van der Waals surface area (Å²) in [5, 5.41) is 4.32. The highest BCUT2D eigenvalue weighted by molar-refractivity contribution is 5.83. The zero-order valence-corrected chi connectivity index (χ0v) is 16.1. The van der Waals surface area contributed by atoms with E-state index in [2.05, 4.69) is 70.8 Å². The van der Waals surface area contributed by atoms with Crippen molar-refractivity contribution in [2.45, 2.75) is 32.6 Å². The van der Waals surface area contributed by atoms with Crippen molar-refractivity contribution in [1.82, 2.24) is 10.3 Å². The zero-order chi connectivity index (χ0) is 18.9. The van der Waals surface area contributed by atoms with E-state index in [0.717, 1.165) is 44.4 Å². The monoisotopic (exact) mass is 363 g/mol. The molecular weight excluding hydrogens is 334 g/mol. The van der Waals surface area contributed by atoms with Gasteiger partial charge in [-0.1, -0.05) is 36.4 Å². The predicted molar refractivity (Wildman–Crippen MR) is 113 cm³/mol. The van der Waals surface area contributed by atoms with Gasteiger partial charge in [0.15, 0.2) is 0 Å². The van der Waals surface area contributed by atoms with Crippen LogP contribution in [0.3, 0.4) is 0 Å². The molecule has 0 fully saturated rings. The van der Waals surface area contributed by atoms with Gasteiger partial charge < -0.3 is 15.2 Å². The summed E-state index contributed by atoms with van der Waals surface area (Å²) in [6, 6.07) is 18.7. The normalized spacial score (nSPS) is 10.9. The molecule has 1 amide bonds. The summed E-state index contributed by atoms with van der Waals surface area (Å²) >= 11 is 0. The van der Waals surface area contributed by atoms with Gasteiger partial charge >= 0.3 is 0 Å². The Labute approximate surface area is 161 Å². The third-order valence-electron chi connectivity index (χ3n) is 4.95. The summed E-state index contributed by atoms with van der Waals surface area (Å²) in [4.78, 5) is 17.7. The van der Waals surface area contributed by atoms with Crippen LogP contribution in [-0.2, 0) is 11.2 Å². The molecule has 0 saturated heterocycles. The lowest BCUT2D eigenvalue weighted by Crippen LogP contribution is -2.29. The maximum Gasteiger partial charge on any atom is 0.220 e. The number of benzene rings is 2. The van der Waals surface area contributed by atoms with Crippen molar-refractivity contribution in [3.05, 3.63) is 66.4 Å². The van der Waals surface area contributed by atoms with Crippen LogP contribution < -0.4 is 10.2 Å². The Balaban J connectivity index is 1.34. The highest BCUT2D eigenvalue weighted by Crippen LogP contribution is 2.19. The molecule has 0 radical (unpaired) electrons. The number of hydrogen-bond acceptors (Lipinski definition) is 2. The van der Waals surface area contributed by atoms with Gasteiger partial charge in [-0.2, -0.15) is 0 Å². The van der Waals surface area contributed by atoms with E-state index in [4.69, 9.17) is 0 Å². The topological polar surface area (TPSA) is 48.1 Å². The number of hydrogen-bond donors (Lipinski definition) is 2. The van der Waals surface area contributed by atoms with Gasteiger partial charge in [0.05, 0.1) is 0 Å². The number of para-hydroxylation sites is 2. The second-order valence-corrected chi connectivity index (χ2v) is 6.83. The summed E-state index contributed by atoms with van der Waals surface area (Å²) in [6.07, 6.45) is 5.39. The van der Waals surface area contributed by atoms with Crippen LogP contribution in [-0.4, -0.2) is 30.5 Å². The molecule has 0 aliphatic rings. The number of carbonyl (C=O) groups excluding carboxylic acids is 1. The van der Waals surface area contributed by atoms with Crippen molar-refractivity contribution >= 4 is 22.5 Å². The molecule has 0 saturated carbocycles. The Morgan fingerprint density at radius 1 is 1.04 bits per heavy atom. The second-order valence-electron chi connectivity index (χ2n) is 6.83. The number of nitrogens with zero attached hydrogens (tertiary/aromatic N) is 1. The van der Waals surface area contributed by atoms with Gasteiger partial charge in [0.25, 0.3) is 0 Å². The number of aromatic nitrogens is 1. The number of carbonyl (C=O) groups is 1. The van der Waals surface area contributed by atoms with E-state index in [9.17, 15) is 4.79 Å². The molecule has 2 aromatic carbocycles. The molecule has 0 aliphatic heterocycles. The van der Waals surface area contributed by atoms with Crippen LogP contribution in [0.25, 0.3) is 10.9 Å². The van der Waals surface area contributed by atoms with Gasteiger partial charge in [-0.05, 0) is 49.9 Å².